The summed E-state index contributed by atoms with van der Waals surface area (Å²) in [6.45, 7) is 0. The lowest BCUT2D eigenvalue weighted by Crippen LogP contribution is -2.47. The van der Waals surface area contributed by atoms with E-state index in [1.807, 2.05) is 12.1 Å². The second kappa shape index (κ2) is 7.36. The third-order valence-electron chi connectivity index (χ3n) is 3.74. The van der Waals surface area contributed by atoms with E-state index in [0.29, 0.717) is 16.3 Å². The van der Waals surface area contributed by atoms with Crippen molar-refractivity contribution in [1.82, 2.24) is 10.6 Å². The summed E-state index contributed by atoms with van der Waals surface area (Å²) in [6.07, 6.45) is 0.208. The molecule has 0 bridgehead atoms. The summed E-state index contributed by atoms with van der Waals surface area (Å²) in [5.74, 6) is 0.107. The number of guanidine groups is 1. The van der Waals surface area contributed by atoms with Crippen LogP contribution in [0.1, 0.15) is 28.4 Å². The quantitative estimate of drug-likeness (QED) is 0.886. The number of ether oxygens (including phenoxy) is 1. The van der Waals surface area contributed by atoms with Gasteiger partial charge < -0.3 is 4.74 Å². The maximum atomic E-state index is 12.4. The van der Waals surface area contributed by atoms with Crippen molar-refractivity contribution in [2.75, 3.05) is 7.11 Å². The zero-order valence-corrected chi connectivity index (χ0v) is 14.2. The smallest absolute Gasteiger partial charge is 0.258 e. The van der Waals surface area contributed by atoms with Crippen LogP contribution in [0.2, 0.25) is 5.02 Å². The molecule has 25 heavy (non-hydrogen) atoms. The summed E-state index contributed by atoms with van der Waals surface area (Å²) in [7, 11) is 1.53. The van der Waals surface area contributed by atoms with Crippen LogP contribution in [-0.4, -0.2) is 24.9 Å². The Labute approximate surface area is 149 Å². The average Bonchev–Trinajstić information content (AvgIpc) is 2.62. The van der Waals surface area contributed by atoms with Crippen molar-refractivity contribution in [3.8, 4) is 5.75 Å². The monoisotopic (exact) mass is 357 g/mol. The molecule has 7 heteroatoms. The van der Waals surface area contributed by atoms with E-state index < -0.39 is 0 Å². The molecule has 0 aliphatic carbocycles. The molecule has 128 valence electrons. The van der Waals surface area contributed by atoms with Gasteiger partial charge in [-0.2, -0.15) is 0 Å². The van der Waals surface area contributed by atoms with E-state index in [0.717, 1.165) is 5.56 Å². The van der Waals surface area contributed by atoms with Crippen LogP contribution in [0.4, 0.5) is 0 Å². The summed E-state index contributed by atoms with van der Waals surface area (Å²) in [5, 5.41) is 5.81. The van der Waals surface area contributed by atoms with Gasteiger partial charge in [-0.15, -0.1) is 0 Å². The van der Waals surface area contributed by atoms with Gasteiger partial charge >= 0.3 is 0 Å². The lowest BCUT2D eigenvalue weighted by atomic mass is 10.0. The molecule has 0 radical (unpaired) electrons. The number of nitrogens with zero attached hydrogens (tertiary/aromatic N) is 1. The van der Waals surface area contributed by atoms with Crippen LogP contribution in [0.3, 0.4) is 0 Å². The molecule has 1 aliphatic rings. The molecule has 0 spiro atoms. The van der Waals surface area contributed by atoms with Crippen molar-refractivity contribution in [3.63, 3.8) is 0 Å². The number of hydrogen-bond donors (Lipinski definition) is 2. The topological polar surface area (TPSA) is 79.8 Å². The zero-order valence-electron chi connectivity index (χ0n) is 13.5. The molecule has 0 unspecified atom stereocenters. The van der Waals surface area contributed by atoms with Gasteiger partial charge in [0.25, 0.3) is 5.91 Å². The highest BCUT2D eigenvalue weighted by Gasteiger charge is 2.23. The number of benzene rings is 2. The Morgan fingerprint density at radius 2 is 2.04 bits per heavy atom. The SMILES string of the molecule is COc1cccc(C(=O)NC2=N[C@H](c3ccc(Cl)cc3)CC(=O)N2)c1. The summed E-state index contributed by atoms with van der Waals surface area (Å²) < 4.78 is 5.11. The minimum absolute atomic E-state index is 0.129. The number of hydrogen-bond acceptors (Lipinski definition) is 4. The number of aliphatic imine (C=N–C) groups is 1. The van der Waals surface area contributed by atoms with Crippen molar-refractivity contribution in [1.29, 1.82) is 0 Å². The predicted octanol–water partition coefficient (Wildman–Crippen LogP) is 2.70. The van der Waals surface area contributed by atoms with E-state index in [-0.39, 0.29) is 30.2 Å². The summed E-state index contributed by atoms with van der Waals surface area (Å²) >= 11 is 5.89. The number of methoxy groups -OCH3 is 1. The lowest BCUT2D eigenvalue weighted by molar-refractivity contribution is -0.120. The lowest BCUT2D eigenvalue weighted by Gasteiger charge is -2.21. The fourth-order valence-corrected chi connectivity index (χ4v) is 2.60. The molecule has 0 fully saturated rings. The van der Waals surface area contributed by atoms with Gasteiger partial charge in [0.1, 0.15) is 5.75 Å². The summed E-state index contributed by atoms with van der Waals surface area (Å²) in [4.78, 5) is 28.7. The first-order valence-electron chi connectivity index (χ1n) is 7.63. The Morgan fingerprint density at radius 1 is 1.28 bits per heavy atom. The van der Waals surface area contributed by atoms with E-state index >= 15 is 0 Å². The minimum Gasteiger partial charge on any atom is -0.497 e. The van der Waals surface area contributed by atoms with Crippen LogP contribution >= 0.6 is 11.6 Å². The van der Waals surface area contributed by atoms with E-state index in [1.165, 1.54) is 7.11 Å². The number of rotatable bonds is 3. The number of nitrogens with one attached hydrogen (secondary N) is 2. The molecule has 2 N–H and O–H groups in total. The fraction of sp³-hybridized carbons (Fsp3) is 0.167. The molecule has 2 aromatic carbocycles. The van der Waals surface area contributed by atoms with Gasteiger partial charge in [-0.25, -0.2) is 4.99 Å². The van der Waals surface area contributed by atoms with Crippen LogP contribution in [0.15, 0.2) is 53.5 Å². The van der Waals surface area contributed by atoms with Crippen molar-refractivity contribution < 1.29 is 14.3 Å². The summed E-state index contributed by atoms with van der Waals surface area (Å²) in [6, 6.07) is 13.5. The maximum Gasteiger partial charge on any atom is 0.258 e. The zero-order chi connectivity index (χ0) is 17.8. The Hall–Kier alpha value is -2.86. The van der Waals surface area contributed by atoms with Crippen LogP contribution in [0.25, 0.3) is 0 Å². The Balaban J connectivity index is 1.79. The first kappa shape index (κ1) is 17.0. The van der Waals surface area contributed by atoms with E-state index in [9.17, 15) is 9.59 Å². The van der Waals surface area contributed by atoms with Crippen LogP contribution in [0, 0.1) is 0 Å². The number of carbonyl (C=O) groups is 2. The van der Waals surface area contributed by atoms with Gasteiger partial charge in [0, 0.05) is 10.6 Å². The molecule has 2 amide bonds. The molecule has 1 atom stereocenters. The molecular weight excluding hydrogens is 342 g/mol. The Kier molecular flexibility index (Phi) is 5.00. The molecule has 0 saturated heterocycles. The van der Waals surface area contributed by atoms with E-state index in [2.05, 4.69) is 15.6 Å². The molecule has 0 aromatic heterocycles. The number of carbonyl (C=O) groups excluding carboxylic acids is 2. The molecule has 3 rings (SSSR count). The number of amides is 2. The molecule has 6 nitrogen and oxygen atoms in total. The second-order valence-corrected chi connectivity index (χ2v) is 5.92. The predicted molar refractivity (Wildman–Crippen MR) is 94.8 cm³/mol. The first-order chi connectivity index (χ1) is 12.0. The van der Waals surface area contributed by atoms with Gasteiger partial charge in [-0.05, 0) is 35.9 Å². The van der Waals surface area contributed by atoms with Crippen molar-refractivity contribution in [2.45, 2.75) is 12.5 Å². The molecule has 1 aliphatic heterocycles. The van der Waals surface area contributed by atoms with Gasteiger partial charge in [0.2, 0.25) is 11.9 Å². The summed E-state index contributed by atoms with van der Waals surface area (Å²) in [5.41, 5.74) is 1.26. The average molecular weight is 358 g/mol. The Morgan fingerprint density at radius 3 is 2.76 bits per heavy atom. The normalized spacial score (nSPS) is 16.6. The molecule has 0 saturated carbocycles. The van der Waals surface area contributed by atoms with Crippen LogP contribution < -0.4 is 15.4 Å². The second-order valence-electron chi connectivity index (χ2n) is 5.48. The third kappa shape index (κ3) is 4.16. The van der Waals surface area contributed by atoms with Crippen LogP contribution in [-0.2, 0) is 4.79 Å². The van der Waals surface area contributed by atoms with E-state index in [1.54, 1.807) is 36.4 Å². The molecule has 1 heterocycles. The van der Waals surface area contributed by atoms with Crippen molar-refractivity contribution >= 4 is 29.4 Å². The minimum atomic E-state index is -0.380. The standard InChI is InChI=1S/C18H16ClN3O3/c1-25-14-4-2-3-12(9-14)17(24)22-18-20-15(10-16(23)21-18)11-5-7-13(19)8-6-11/h2-9,15H,10H2,1H3,(H2,20,21,22,23,24)/t15-/m0/s1. The van der Waals surface area contributed by atoms with Gasteiger partial charge in [-0.1, -0.05) is 29.8 Å². The molecular formula is C18H16ClN3O3. The van der Waals surface area contributed by atoms with E-state index in [4.69, 9.17) is 16.3 Å². The fourth-order valence-electron chi connectivity index (χ4n) is 2.48. The maximum absolute atomic E-state index is 12.4. The van der Waals surface area contributed by atoms with Crippen molar-refractivity contribution in [3.05, 3.63) is 64.7 Å². The number of halogens is 1. The van der Waals surface area contributed by atoms with Gasteiger partial charge in [0.15, 0.2) is 0 Å². The highest BCUT2D eigenvalue weighted by atomic mass is 35.5. The molecule has 2 aromatic rings. The van der Waals surface area contributed by atoms with Crippen molar-refractivity contribution in [2.24, 2.45) is 4.99 Å². The Bertz CT molecular complexity index is 834. The highest BCUT2D eigenvalue weighted by molar-refractivity contribution is 6.30. The van der Waals surface area contributed by atoms with Gasteiger partial charge in [-0.3, -0.25) is 20.2 Å². The van der Waals surface area contributed by atoms with Crippen LogP contribution in [0.5, 0.6) is 5.75 Å². The third-order valence-corrected chi connectivity index (χ3v) is 3.99. The van der Waals surface area contributed by atoms with Gasteiger partial charge in [0.05, 0.1) is 19.6 Å². The largest absolute Gasteiger partial charge is 0.497 e. The first-order valence-corrected chi connectivity index (χ1v) is 8.01. The highest BCUT2D eigenvalue weighted by Crippen LogP contribution is 2.24.